The summed E-state index contributed by atoms with van der Waals surface area (Å²) in [5.74, 6) is 0.252. The molecule has 0 saturated carbocycles. The normalized spacial score (nSPS) is 11.0. The van der Waals surface area contributed by atoms with E-state index in [1.54, 1.807) is 75.7 Å². The molecule has 0 spiro atoms. The van der Waals surface area contributed by atoms with Gasteiger partial charge in [0.15, 0.2) is 11.5 Å². The summed E-state index contributed by atoms with van der Waals surface area (Å²) in [5.41, 5.74) is 3.43. The summed E-state index contributed by atoms with van der Waals surface area (Å²) < 4.78 is 39.2. The van der Waals surface area contributed by atoms with Crippen LogP contribution in [0.4, 0.5) is 11.4 Å². The minimum Gasteiger partial charge on any atom is -0.493 e. The van der Waals surface area contributed by atoms with E-state index in [-0.39, 0.29) is 22.1 Å². The van der Waals surface area contributed by atoms with Gasteiger partial charge in [0.1, 0.15) is 6.54 Å². The molecule has 224 valence electrons. The lowest BCUT2D eigenvalue weighted by atomic mass is 10.1. The maximum Gasteiger partial charge on any atom is 0.264 e. The average molecular weight is 602 g/mol. The standard InChI is InChI=1S/C33H35N3O6S/c1-23-14-15-24(2)29(20-23)36(43(39,40)26-10-6-5-7-11-26)22-32(37)35-28-13-9-8-12-27(28)33(38)34-19-18-25-16-17-30(41-3)31(21-25)42-4/h5-17,20-21H,18-19,22H2,1-4H3,(H,34,38)(H,35,37). The van der Waals surface area contributed by atoms with E-state index in [2.05, 4.69) is 10.6 Å². The second-order valence-electron chi connectivity index (χ2n) is 9.90. The average Bonchev–Trinajstić information content (AvgIpc) is 3.01. The first kappa shape index (κ1) is 31.1. The number of hydrogen-bond donors (Lipinski definition) is 2. The van der Waals surface area contributed by atoms with Gasteiger partial charge in [0.05, 0.1) is 36.1 Å². The Balaban J connectivity index is 1.51. The lowest BCUT2D eigenvalue weighted by Gasteiger charge is -2.26. The number of hydrogen-bond acceptors (Lipinski definition) is 6. The molecule has 0 aliphatic heterocycles. The van der Waals surface area contributed by atoms with Gasteiger partial charge in [0, 0.05) is 6.54 Å². The molecule has 9 nitrogen and oxygen atoms in total. The van der Waals surface area contributed by atoms with E-state index in [1.807, 2.05) is 31.2 Å². The number of carbonyl (C=O) groups is 2. The van der Waals surface area contributed by atoms with E-state index in [9.17, 15) is 18.0 Å². The molecule has 2 amide bonds. The molecule has 43 heavy (non-hydrogen) atoms. The second kappa shape index (κ2) is 13.9. The molecule has 0 aliphatic rings. The highest BCUT2D eigenvalue weighted by Crippen LogP contribution is 2.29. The molecule has 0 heterocycles. The van der Waals surface area contributed by atoms with Crippen molar-refractivity contribution in [3.05, 3.63) is 113 Å². The van der Waals surface area contributed by atoms with Crippen molar-refractivity contribution in [2.24, 2.45) is 0 Å². The molecule has 2 N–H and O–H groups in total. The number of nitrogens with one attached hydrogen (secondary N) is 2. The van der Waals surface area contributed by atoms with Crippen LogP contribution in [-0.4, -0.2) is 47.5 Å². The second-order valence-corrected chi connectivity index (χ2v) is 11.8. The first-order valence-corrected chi connectivity index (χ1v) is 15.1. The Hall–Kier alpha value is -4.83. The molecule has 0 radical (unpaired) electrons. The van der Waals surface area contributed by atoms with E-state index >= 15 is 0 Å². The van der Waals surface area contributed by atoms with Crippen LogP contribution in [0.3, 0.4) is 0 Å². The molecule has 0 aromatic heterocycles. The van der Waals surface area contributed by atoms with E-state index < -0.39 is 22.5 Å². The first-order chi connectivity index (χ1) is 20.6. The number of nitrogens with zero attached hydrogens (tertiary/aromatic N) is 1. The molecule has 10 heteroatoms. The monoisotopic (exact) mass is 601 g/mol. The van der Waals surface area contributed by atoms with Crippen molar-refractivity contribution < 1.29 is 27.5 Å². The molecular formula is C33H35N3O6S. The molecule has 0 aliphatic carbocycles. The largest absolute Gasteiger partial charge is 0.493 e. The maximum atomic E-state index is 13.7. The van der Waals surface area contributed by atoms with Crippen LogP contribution in [0.1, 0.15) is 27.0 Å². The molecule has 4 aromatic carbocycles. The predicted octanol–water partition coefficient (Wildman–Crippen LogP) is 5.13. The van der Waals surface area contributed by atoms with Gasteiger partial charge in [-0.05, 0) is 79.4 Å². The van der Waals surface area contributed by atoms with Crippen LogP contribution >= 0.6 is 0 Å². The van der Waals surface area contributed by atoms with Crippen molar-refractivity contribution >= 4 is 33.2 Å². The molecular weight excluding hydrogens is 566 g/mol. The van der Waals surface area contributed by atoms with Crippen molar-refractivity contribution in [2.45, 2.75) is 25.2 Å². The Bertz CT molecular complexity index is 1710. The van der Waals surface area contributed by atoms with Crippen LogP contribution < -0.4 is 24.4 Å². The highest BCUT2D eigenvalue weighted by molar-refractivity contribution is 7.92. The van der Waals surface area contributed by atoms with Crippen LogP contribution in [0.25, 0.3) is 0 Å². The molecule has 0 unspecified atom stereocenters. The van der Waals surface area contributed by atoms with Crippen LogP contribution in [0.2, 0.25) is 0 Å². The summed E-state index contributed by atoms with van der Waals surface area (Å²) in [6.07, 6.45) is 0.544. The molecule has 0 atom stereocenters. The number of ether oxygens (including phenoxy) is 2. The summed E-state index contributed by atoms with van der Waals surface area (Å²) in [6.45, 7) is 3.50. The number of benzene rings is 4. The SMILES string of the molecule is COc1ccc(CCNC(=O)c2ccccc2NC(=O)CN(c2cc(C)ccc2C)S(=O)(=O)c2ccccc2)cc1OC. The molecule has 0 fully saturated rings. The third-order valence-electron chi connectivity index (χ3n) is 6.84. The Labute approximate surface area is 252 Å². The van der Waals surface area contributed by atoms with Crippen molar-refractivity contribution in [2.75, 3.05) is 36.9 Å². The van der Waals surface area contributed by atoms with E-state index in [4.69, 9.17) is 9.47 Å². The van der Waals surface area contributed by atoms with Crippen molar-refractivity contribution in [3.63, 3.8) is 0 Å². The summed E-state index contributed by atoms with van der Waals surface area (Å²) in [6, 6.07) is 25.6. The number of aryl methyl sites for hydroxylation is 2. The number of para-hydroxylation sites is 1. The van der Waals surface area contributed by atoms with Gasteiger partial charge in [-0.3, -0.25) is 13.9 Å². The zero-order valence-corrected chi connectivity index (χ0v) is 25.4. The van der Waals surface area contributed by atoms with Crippen LogP contribution in [0, 0.1) is 13.8 Å². The van der Waals surface area contributed by atoms with Gasteiger partial charge in [0.25, 0.3) is 15.9 Å². The topological polar surface area (TPSA) is 114 Å². The van der Waals surface area contributed by atoms with Gasteiger partial charge in [-0.15, -0.1) is 0 Å². The van der Waals surface area contributed by atoms with Gasteiger partial charge >= 0.3 is 0 Å². The predicted molar refractivity (Wildman–Crippen MR) is 168 cm³/mol. The molecule has 0 bridgehead atoms. The summed E-state index contributed by atoms with van der Waals surface area (Å²) >= 11 is 0. The maximum absolute atomic E-state index is 13.7. The van der Waals surface area contributed by atoms with Gasteiger partial charge < -0.3 is 20.1 Å². The number of rotatable bonds is 12. The third kappa shape index (κ3) is 7.52. The highest BCUT2D eigenvalue weighted by atomic mass is 32.2. The smallest absolute Gasteiger partial charge is 0.264 e. The Kier molecular flexibility index (Phi) is 10.0. The van der Waals surface area contributed by atoms with Gasteiger partial charge in [0.2, 0.25) is 5.91 Å². The van der Waals surface area contributed by atoms with Crippen LogP contribution in [-0.2, 0) is 21.2 Å². The number of sulfonamides is 1. The summed E-state index contributed by atoms with van der Waals surface area (Å²) in [7, 11) is -0.949. The minimum atomic E-state index is -4.08. The van der Waals surface area contributed by atoms with E-state index in [1.165, 1.54) is 12.1 Å². The number of methoxy groups -OCH3 is 2. The van der Waals surface area contributed by atoms with Gasteiger partial charge in [-0.1, -0.05) is 48.5 Å². The van der Waals surface area contributed by atoms with Crippen LogP contribution in [0.15, 0.2) is 95.9 Å². The van der Waals surface area contributed by atoms with Crippen molar-refractivity contribution in [1.82, 2.24) is 5.32 Å². The van der Waals surface area contributed by atoms with Crippen molar-refractivity contribution in [1.29, 1.82) is 0 Å². The zero-order chi connectivity index (χ0) is 31.0. The lowest BCUT2D eigenvalue weighted by Crippen LogP contribution is -2.39. The van der Waals surface area contributed by atoms with Crippen molar-refractivity contribution in [3.8, 4) is 11.5 Å². The fourth-order valence-electron chi connectivity index (χ4n) is 4.57. The summed E-state index contributed by atoms with van der Waals surface area (Å²) in [4.78, 5) is 26.6. The van der Waals surface area contributed by atoms with E-state index in [0.717, 1.165) is 15.4 Å². The quantitative estimate of drug-likeness (QED) is 0.233. The fraction of sp³-hybridized carbons (Fsp3) is 0.212. The van der Waals surface area contributed by atoms with Gasteiger partial charge in [-0.25, -0.2) is 8.42 Å². The van der Waals surface area contributed by atoms with Gasteiger partial charge in [-0.2, -0.15) is 0 Å². The van der Waals surface area contributed by atoms with Crippen LogP contribution in [0.5, 0.6) is 11.5 Å². The third-order valence-corrected chi connectivity index (χ3v) is 8.62. The minimum absolute atomic E-state index is 0.0676. The Morgan fingerprint density at radius 1 is 0.814 bits per heavy atom. The summed E-state index contributed by atoms with van der Waals surface area (Å²) in [5, 5.41) is 5.63. The Morgan fingerprint density at radius 3 is 2.23 bits per heavy atom. The first-order valence-electron chi connectivity index (χ1n) is 13.7. The molecule has 0 saturated heterocycles. The number of carbonyl (C=O) groups excluding carboxylic acids is 2. The zero-order valence-electron chi connectivity index (χ0n) is 24.6. The molecule has 4 rings (SSSR count). The lowest BCUT2D eigenvalue weighted by molar-refractivity contribution is -0.114. The fourth-order valence-corrected chi connectivity index (χ4v) is 6.07. The Morgan fingerprint density at radius 2 is 1.51 bits per heavy atom. The highest BCUT2D eigenvalue weighted by Gasteiger charge is 2.28. The number of amides is 2. The molecule has 4 aromatic rings. The number of anilines is 2. The van der Waals surface area contributed by atoms with E-state index in [0.29, 0.717) is 35.7 Å².